The van der Waals surface area contributed by atoms with Gasteiger partial charge in [-0.2, -0.15) is 0 Å². The topological polar surface area (TPSA) is 54.0 Å². The van der Waals surface area contributed by atoms with E-state index in [2.05, 4.69) is 15.6 Å². The highest BCUT2D eigenvalue weighted by Gasteiger charge is 2.33. The van der Waals surface area contributed by atoms with E-state index in [0.717, 1.165) is 36.9 Å². The number of hydrogen-bond donors (Lipinski definition) is 2. The van der Waals surface area contributed by atoms with Crippen LogP contribution in [0.5, 0.6) is 0 Å². The first-order chi connectivity index (χ1) is 8.62. The van der Waals surface area contributed by atoms with Crippen molar-refractivity contribution in [3.63, 3.8) is 0 Å². The highest BCUT2D eigenvalue weighted by molar-refractivity contribution is 5.86. The zero-order valence-corrected chi connectivity index (χ0v) is 12.3. The van der Waals surface area contributed by atoms with Crippen LogP contribution in [0.3, 0.4) is 0 Å². The largest absolute Gasteiger partial charge is 0.350 e. The lowest BCUT2D eigenvalue weighted by molar-refractivity contribution is -0.128. The second-order valence-electron chi connectivity index (χ2n) is 5.20. The molecule has 2 heterocycles. The number of aromatic nitrogens is 1. The van der Waals surface area contributed by atoms with Gasteiger partial charge in [0.05, 0.1) is 5.54 Å². The summed E-state index contributed by atoms with van der Waals surface area (Å²) in [6, 6.07) is 1.95. The number of aryl methyl sites for hydroxylation is 1. The third kappa shape index (κ3) is 3.91. The van der Waals surface area contributed by atoms with Crippen molar-refractivity contribution in [2.45, 2.75) is 45.2 Å². The molecule has 5 heteroatoms. The van der Waals surface area contributed by atoms with E-state index in [1.807, 2.05) is 26.1 Å². The van der Waals surface area contributed by atoms with Gasteiger partial charge in [0.1, 0.15) is 0 Å². The van der Waals surface area contributed by atoms with E-state index in [-0.39, 0.29) is 18.3 Å². The molecule has 1 atom stereocenters. The number of amides is 1. The van der Waals surface area contributed by atoms with Crippen LogP contribution in [0.1, 0.15) is 37.3 Å². The van der Waals surface area contributed by atoms with Crippen LogP contribution in [-0.2, 0) is 11.3 Å². The smallest absolute Gasteiger partial charge is 0.240 e. The van der Waals surface area contributed by atoms with E-state index in [1.54, 1.807) is 6.20 Å². The number of rotatable bonds is 3. The van der Waals surface area contributed by atoms with Gasteiger partial charge in [-0.25, -0.2) is 0 Å². The maximum absolute atomic E-state index is 12.2. The highest BCUT2D eigenvalue weighted by atomic mass is 35.5. The standard InChI is InChI=1S/C14H21N3O.ClH/c1-11-9-15-8-5-12(11)10-16-13(18)14(2)6-3-4-7-17-14;/h5,8-9,17H,3-4,6-7,10H2,1-2H3,(H,16,18);1H. The summed E-state index contributed by atoms with van der Waals surface area (Å²) in [5, 5.41) is 6.34. The quantitative estimate of drug-likeness (QED) is 0.892. The number of nitrogens with one attached hydrogen (secondary N) is 2. The molecular weight excluding hydrogens is 262 g/mol. The highest BCUT2D eigenvalue weighted by Crippen LogP contribution is 2.19. The summed E-state index contributed by atoms with van der Waals surface area (Å²) in [5.74, 6) is 0.0958. The molecule has 1 aliphatic heterocycles. The van der Waals surface area contributed by atoms with Crippen molar-refractivity contribution in [2.24, 2.45) is 0 Å². The van der Waals surface area contributed by atoms with Gasteiger partial charge in [-0.1, -0.05) is 0 Å². The van der Waals surface area contributed by atoms with Gasteiger partial charge in [0.25, 0.3) is 0 Å². The molecule has 106 valence electrons. The van der Waals surface area contributed by atoms with Gasteiger partial charge in [-0.05, 0) is 56.8 Å². The summed E-state index contributed by atoms with van der Waals surface area (Å²) in [5.41, 5.74) is 1.83. The molecular formula is C14H22ClN3O. The molecule has 4 nitrogen and oxygen atoms in total. The average molecular weight is 284 g/mol. The normalized spacial score (nSPS) is 22.4. The Morgan fingerprint density at radius 3 is 2.95 bits per heavy atom. The van der Waals surface area contributed by atoms with Crippen LogP contribution >= 0.6 is 12.4 Å². The number of hydrogen-bond acceptors (Lipinski definition) is 3. The Morgan fingerprint density at radius 1 is 1.53 bits per heavy atom. The Kier molecular flexibility index (Phi) is 5.76. The molecule has 0 aliphatic carbocycles. The van der Waals surface area contributed by atoms with Crippen LogP contribution in [0.4, 0.5) is 0 Å². The lowest BCUT2D eigenvalue weighted by Gasteiger charge is -2.33. The van der Waals surface area contributed by atoms with E-state index < -0.39 is 5.54 Å². The summed E-state index contributed by atoms with van der Waals surface area (Å²) in [6.45, 7) is 5.50. The maximum atomic E-state index is 12.2. The van der Waals surface area contributed by atoms with E-state index in [9.17, 15) is 4.79 Å². The monoisotopic (exact) mass is 283 g/mol. The third-order valence-corrected chi connectivity index (χ3v) is 3.70. The van der Waals surface area contributed by atoms with E-state index >= 15 is 0 Å². The Balaban J connectivity index is 0.00000180. The van der Waals surface area contributed by atoms with Crippen molar-refractivity contribution in [2.75, 3.05) is 6.54 Å². The molecule has 1 aliphatic rings. The lowest BCUT2D eigenvalue weighted by atomic mass is 9.90. The summed E-state index contributed by atoms with van der Waals surface area (Å²) in [6.07, 6.45) is 6.77. The van der Waals surface area contributed by atoms with Gasteiger partial charge < -0.3 is 10.6 Å². The fourth-order valence-electron chi connectivity index (χ4n) is 2.32. The summed E-state index contributed by atoms with van der Waals surface area (Å²) in [7, 11) is 0. The Labute approximate surface area is 120 Å². The zero-order chi connectivity index (χ0) is 13.0. The third-order valence-electron chi connectivity index (χ3n) is 3.70. The molecule has 0 bridgehead atoms. The van der Waals surface area contributed by atoms with E-state index in [4.69, 9.17) is 0 Å². The van der Waals surface area contributed by atoms with Crippen molar-refractivity contribution < 1.29 is 4.79 Å². The van der Waals surface area contributed by atoms with Gasteiger partial charge in [0, 0.05) is 18.9 Å². The summed E-state index contributed by atoms with van der Waals surface area (Å²) >= 11 is 0. The fraction of sp³-hybridized carbons (Fsp3) is 0.571. The molecule has 0 spiro atoms. The van der Waals surface area contributed by atoms with Crippen LogP contribution in [-0.4, -0.2) is 23.0 Å². The SMILES string of the molecule is Cc1cnccc1CNC(=O)C1(C)CCCCN1.Cl. The molecule has 1 fully saturated rings. The van der Waals surface area contributed by atoms with Gasteiger partial charge in [-0.15, -0.1) is 12.4 Å². The summed E-state index contributed by atoms with van der Waals surface area (Å²) in [4.78, 5) is 16.3. The Morgan fingerprint density at radius 2 is 2.32 bits per heavy atom. The van der Waals surface area contributed by atoms with Crippen molar-refractivity contribution >= 4 is 18.3 Å². The second kappa shape index (κ2) is 6.87. The van der Waals surface area contributed by atoms with Gasteiger partial charge in [-0.3, -0.25) is 9.78 Å². The molecule has 2 rings (SSSR count). The molecule has 0 aromatic carbocycles. The molecule has 2 N–H and O–H groups in total. The number of piperidine rings is 1. The molecule has 1 unspecified atom stereocenters. The molecule has 0 saturated carbocycles. The van der Waals surface area contributed by atoms with E-state index in [1.165, 1.54) is 0 Å². The zero-order valence-electron chi connectivity index (χ0n) is 11.5. The van der Waals surface area contributed by atoms with Crippen molar-refractivity contribution in [3.8, 4) is 0 Å². The first-order valence-electron chi connectivity index (χ1n) is 6.55. The van der Waals surface area contributed by atoms with Crippen LogP contribution in [0.2, 0.25) is 0 Å². The fourth-order valence-corrected chi connectivity index (χ4v) is 2.32. The number of carbonyl (C=O) groups excluding carboxylic acids is 1. The molecule has 19 heavy (non-hydrogen) atoms. The number of halogens is 1. The second-order valence-corrected chi connectivity index (χ2v) is 5.20. The predicted octanol–water partition coefficient (Wildman–Crippen LogP) is 1.96. The molecule has 0 radical (unpaired) electrons. The van der Waals surface area contributed by atoms with Gasteiger partial charge >= 0.3 is 0 Å². The van der Waals surface area contributed by atoms with Crippen LogP contribution < -0.4 is 10.6 Å². The number of pyridine rings is 1. The molecule has 1 aromatic heterocycles. The first kappa shape index (κ1) is 15.9. The first-order valence-corrected chi connectivity index (χ1v) is 6.55. The van der Waals surface area contributed by atoms with Gasteiger partial charge in [0.2, 0.25) is 5.91 Å². The number of nitrogens with zero attached hydrogens (tertiary/aromatic N) is 1. The minimum Gasteiger partial charge on any atom is -0.350 e. The summed E-state index contributed by atoms with van der Waals surface area (Å²) < 4.78 is 0. The number of carbonyl (C=O) groups is 1. The average Bonchev–Trinajstić information content (AvgIpc) is 2.38. The van der Waals surface area contributed by atoms with Crippen LogP contribution in [0.15, 0.2) is 18.5 Å². The van der Waals surface area contributed by atoms with Crippen molar-refractivity contribution in [3.05, 3.63) is 29.6 Å². The minimum absolute atomic E-state index is 0. The van der Waals surface area contributed by atoms with Crippen molar-refractivity contribution in [1.82, 2.24) is 15.6 Å². The van der Waals surface area contributed by atoms with Gasteiger partial charge in [0.15, 0.2) is 0 Å². The Bertz CT molecular complexity index is 430. The van der Waals surface area contributed by atoms with Crippen LogP contribution in [0.25, 0.3) is 0 Å². The molecule has 1 aromatic rings. The molecule has 1 saturated heterocycles. The van der Waals surface area contributed by atoms with E-state index in [0.29, 0.717) is 6.54 Å². The van der Waals surface area contributed by atoms with Crippen LogP contribution in [0, 0.1) is 6.92 Å². The predicted molar refractivity (Wildman–Crippen MR) is 78.3 cm³/mol. The molecule has 1 amide bonds. The minimum atomic E-state index is -0.404. The Hall–Kier alpha value is -1.13. The maximum Gasteiger partial charge on any atom is 0.240 e. The van der Waals surface area contributed by atoms with Crippen molar-refractivity contribution in [1.29, 1.82) is 0 Å². The lowest BCUT2D eigenvalue weighted by Crippen LogP contribution is -2.56.